The van der Waals surface area contributed by atoms with Crippen LogP contribution in [0.1, 0.15) is 72.6 Å². The van der Waals surface area contributed by atoms with E-state index in [2.05, 4.69) is 13.8 Å². The van der Waals surface area contributed by atoms with E-state index in [4.69, 9.17) is 9.47 Å². The van der Waals surface area contributed by atoms with Crippen molar-refractivity contribution in [2.24, 2.45) is 0 Å². The van der Waals surface area contributed by atoms with Gasteiger partial charge in [0.05, 0.1) is 31.5 Å². The van der Waals surface area contributed by atoms with Crippen molar-refractivity contribution in [1.29, 1.82) is 0 Å². The Morgan fingerprint density at radius 3 is 2.05 bits per heavy atom. The number of hydrogen-bond donors (Lipinski definition) is 1. The molecule has 3 unspecified atom stereocenters. The van der Waals surface area contributed by atoms with E-state index in [1.807, 2.05) is 6.92 Å². The molecular formula is C16H34O3. The maximum absolute atomic E-state index is 9.17. The maximum atomic E-state index is 9.17. The molecule has 3 nitrogen and oxygen atoms in total. The van der Waals surface area contributed by atoms with E-state index in [0.29, 0.717) is 19.3 Å². The van der Waals surface area contributed by atoms with Crippen molar-refractivity contribution in [2.45, 2.75) is 91.0 Å². The minimum atomic E-state index is -0.400. The standard InChI is InChI=1S/C16H34O3/c1-5-7-9-11-16(10-8-6-2)19-13-15(4)18-12-14(3)17/h14-17H,5-13H2,1-4H3. The lowest BCUT2D eigenvalue weighted by molar-refractivity contribution is -0.0601. The fourth-order valence-corrected chi connectivity index (χ4v) is 1.99. The number of aliphatic hydroxyl groups excluding tert-OH is 1. The molecule has 3 heteroatoms. The summed E-state index contributed by atoms with van der Waals surface area (Å²) < 4.78 is 11.5. The first-order valence-electron chi connectivity index (χ1n) is 8.01. The van der Waals surface area contributed by atoms with Crippen LogP contribution in [0.15, 0.2) is 0 Å². The van der Waals surface area contributed by atoms with Crippen molar-refractivity contribution in [2.75, 3.05) is 13.2 Å². The molecule has 0 aromatic carbocycles. The first kappa shape index (κ1) is 18.9. The largest absolute Gasteiger partial charge is 0.391 e. The first-order chi connectivity index (χ1) is 9.10. The van der Waals surface area contributed by atoms with Crippen LogP contribution in [-0.2, 0) is 9.47 Å². The van der Waals surface area contributed by atoms with Crippen LogP contribution in [-0.4, -0.2) is 36.6 Å². The van der Waals surface area contributed by atoms with E-state index < -0.39 is 6.10 Å². The van der Waals surface area contributed by atoms with Crippen LogP contribution < -0.4 is 0 Å². The zero-order valence-corrected chi connectivity index (χ0v) is 13.4. The van der Waals surface area contributed by atoms with E-state index in [1.54, 1.807) is 6.92 Å². The van der Waals surface area contributed by atoms with Gasteiger partial charge in [0, 0.05) is 0 Å². The van der Waals surface area contributed by atoms with Gasteiger partial charge in [0.25, 0.3) is 0 Å². The van der Waals surface area contributed by atoms with Gasteiger partial charge in [-0.15, -0.1) is 0 Å². The van der Waals surface area contributed by atoms with Gasteiger partial charge in [0.2, 0.25) is 0 Å². The smallest absolute Gasteiger partial charge is 0.0781 e. The number of hydrogen-bond acceptors (Lipinski definition) is 3. The molecule has 0 spiro atoms. The first-order valence-corrected chi connectivity index (χ1v) is 8.01. The highest BCUT2D eigenvalue weighted by atomic mass is 16.5. The summed E-state index contributed by atoms with van der Waals surface area (Å²) in [5.74, 6) is 0. The molecule has 0 aromatic rings. The molecule has 3 atom stereocenters. The number of aliphatic hydroxyl groups is 1. The van der Waals surface area contributed by atoms with Gasteiger partial charge in [-0.25, -0.2) is 0 Å². The third-order valence-corrected chi connectivity index (χ3v) is 3.20. The minimum Gasteiger partial charge on any atom is -0.391 e. The molecule has 0 saturated carbocycles. The Labute approximate surface area is 119 Å². The molecule has 0 amide bonds. The van der Waals surface area contributed by atoms with E-state index in [9.17, 15) is 5.11 Å². The summed E-state index contributed by atoms with van der Waals surface area (Å²) in [6, 6.07) is 0. The molecule has 0 aliphatic heterocycles. The van der Waals surface area contributed by atoms with Gasteiger partial charge in [0.1, 0.15) is 0 Å². The second kappa shape index (κ2) is 12.9. The summed E-state index contributed by atoms with van der Waals surface area (Å²) in [6.45, 7) is 9.21. The molecule has 0 heterocycles. The van der Waals surface area contributed by atoms with Gasteiger partial charge >= 0.3 is 0 Å². The van der Waals surface area contributed by atoms with E-state index in [-0.39, 0.29) is 6.10 Å². The second-order valence-electron chi connectivity index (χ2n) is 5.59. The zero-order chi connectivity index (χ0) is 14.5. The highest BCUT2D eigenvalue weighted by molar-refractivity contribution is 4.61. The van der Waals surface area contributed by atoms with Gasteiger partial charge in [-0.3, -0.25) is 0 Å². The SMILES string of the molecule is CCCCCC(CCCC)OCC(C)OCC(C)O. The Bertz CT molecular complexity index is 183. The topological polar surface area (TPSA) is 38.7 Å². The van der Waals surface area contributed by atoms with E-state index >= 15 is 0 Å². The molecule has 19 heavy (non-hydrogen) atoms. The number of ether oxygens (including phenoxy) is 2. The van der Waals surface area contributed by atoms with Crippen LogP contribution in [0.3, 0.4) is 0 Å². The van der Waals surface area contributed by atoms with Crippen molar-refractivity contribution in [3.8, 4) is 0 Å². The Morgan fingerprint density at radius 2 is 1.47 bits per heavy atom. The summed E-state index contributed by atoms with van der Waals surface area (Å²) in [5.41, 5.74) is 0. The Hall–Kier alpha value is -0.120. The van der Waals surface area contributed by atoms with Gasteiger partial charge in [-0.05, 0) is 26.7 Å². The van der Waals surface area contributed by atoms with E-state index in [0.717, 1.165) is 12.8 Å². The molecule has 0 bridgehead atoms. The summed E-state index contributed by atoms with van der Waals surface area (Å²) in [5, 5.41) is 9.17. The van der Waals surface area contributed by atoms with Gasteiger partial charge in [0.15, 0.2) is 0 Å². The Kier molecular flexibility index (Phi) is 12.8. The molecule has 0 aromatic heterocycles. The summed E-state index contributed by atoms with van der Waals surface area (Å²) >= 11 is 0. The predicted molar refractivity (Wildman–Crippen MR) is 80.5 cm³/mol. The molecule has 1 N–H and O–H groups in total. The van der Waals surface area contributed by atoms with Crippen LogP contribution in [0.2, 0.25) is 0 Å². The highest BCUT2D eigenvalue weighted by Gasteiger charge is 2.11. The van der Waals surface area contributed by atoms with Gasteiger partial charge in [-0.1, -0.05) is 46.0 Å². The van der Waals surface area contributed by atoms with Crippen LogP contribution in [0, 0.1) is 0 Å². The second-order valence-corrected chi connectivity index (χ2v) is 5.59. The molecule has 0 rings (SSSR count). The maximum Gasteiger partial charge on any atom is 0.0781 e. The third kappa shape index (κ3) is 12.6. The van der Waals surface area contributed by atoms with Crippen molar-refractivity contribution in [3.05, 3.63) is 0 Å². The molecule has 0 aliphatic rings. The number of rotatable bonds is 13. The highest BCUT2D eigenvalue weighted by Crippen LogP contribution is 2.14. The van der Waals surface area contributed by atoms with Crippen molar-refractivity contribution >= 4 is 0 Å². The van der Waals surface area contributed by atoms with Crippen LogP contribution in [0.25, 0.3) is 0 Å². The fourth-order valence-electron chi connectivity index (χ4n) is 1.99. The Balaban J connectivity index is 3.81. The summed E-state index contributed by atoms with van der Waals surface area (Å²) in [6.07, 6.45) is 8.63. The molecule has 0 radical (unpaired) electrons. The molecular weight excluding hydrogens is 240 g/mol. The molecule has 0 saturated heterocycles. The van der Waals surface area contributed by atoms with Crippen molar-refractivity contribution in [3.63, 3.8) is 0 Å². The molecule has 0 fully saturated rings. The summed E-state index contributed by atoms with van der Waals surface area (Å²) in [7, 11) is 0. The lowest BCUT2D eigenvalue weighted by Crippen LogP contribution is -2.25. The third-order valence-electron chi connectivity index (χ3n) is 3.20. The lowest BCUT2D eigenvalue weighted by atomic mass is 10.1. The average molecular weight is 274 g/mol. The quantitative estimate of drug-likeness (QED) is 0.517. The monoisotopic (exact) mass is 274 g/mol. The van der Waals surface area contributed by atoms with Crippen LogP contribution in [0.5, 0.6) is 0 Å². The molecule has 0 aliphatic carbocycles. The van der Waals surface area contributed by atoms with Crippen LogP contribution >= 0.6 is 0 Å². The normalized spacial score (nSPS) is 16.3. The number of unbranched alkanes of at least 4 members (excludes halogenated alkanes) is 3. The van der Waals surface area contributed by atoms with Gasteiger partial charge in [-0.2, -0.15) is 0 Å². The minimum absolute atomic E-state index is 0.0601. The van der Waals surface area contributed by atoms with Crippen molar-refractivity contribution < 1.29 is 14.6 Å². The average Bonchev–Trinajstić information content (AvgIpc) is 2.39. The van der Waals surface area contributed by atoms with Crippen LogP contribution in [0.4, 0.5) is 0 Å². The van der Waals surface area contributed by atoms with Gasteiger partial charge < -0.3 is 14.6 Å². The van der Waals surface area contributed by atoms with E-state index in [1.165, 1.54) is 32.1 Å². The lowest BCUT2D eigenvalue weighted by Gasteiger charge is -2.21. The fraction of sp³-hybridized carbons (Fsp3) is 1.00. The molecule has 116 valence electrons. The summed E-state index contributed by atoms with van der Waals surface area (Å²) in [4.78, 5) is 0. The zero-order valence-electron chi connectivity index (χ0n) is 13.4. The van der Waals surface area contributed by atoms with Crippen molar-refractivity contribution in [1.82, 2.24) is 0 Å². The Morgan fingerprint density at radius 1 is 0.842 bits per heavy atom. The predicted octanol–water partition coefficient (Wildman–Crippen LogP) is 3.93.